The van der Waals surface area contributed by atoms with Crippen LogP contribution >= 0.6 is 0 Å². The van der Waals surface area contributed by atoms with E-state index in [2.05, 4.69) is 165 Å². The van der Waals surface area contributed by atoms with Gasteiger partial charge in [-0.3, -0.25) is 4.57 Å². The average molecular weight is 623 g/mol. The molecule has 0 atom stereocenters. The first-order valence-electron chi connectivity index (χ1n) is 16.8. The van der Waals surface area contributed by atoms with E-state index in [0.717, 1.165) is 17.0 Å². The third-order valence-corrected chi connectivity index (χ3v) is 10.8. The standard InChI is InChI=1S/C45H26N4/c1-2-12-28-24-40-35(23-27(28)11-1)44-43-33-16-6-10-20-39(33)48(41(43)25-34-32-15-5-9-19-38(32)49(40)45(34)44)42-22-21-29(26-46-42)47-36-17-7-3-13-30(36)31-14-4-8-18-37(31)47/h1-26H. The Balaban J connectivity index is 1.20. The Morgan fingerprint density at radius 2 is 0.939 bits per heavy atom. The molecule has 5 aromatic heterocycles. The molecule has 4 nitrogen and oxygen atoms in total. The van der Waals surface area contributed by atoms with E-state index in [1.54, 1.807) is 0 Å². The molecular weight excluding hydrogens is 597 g/mol. The number of para-hydroxylation sites is 4. The maximum Gasteiger partial charge on any atom is 0.137 e. The van der Waals surface area contributed by atoms with E-state index < -0.39 is 0 Å². The second-order valence-corrected chi connectivity index (χ2v) is 13.2. The lowest BCUT2D eigenvalue weighted by Gasteiger charge is -2.11. The molecule has 0 bridgehead atoms. The second kappa shape index (κ2) is 9.03. The summed E-state index contributed by atoms with van der Waals surface area (Å²) < 4.78 is 7.18. The number of aromatic nitrogens is 4. The van der Waals surface area contributed by atoms with Gasteiger partial charge in [0.15, 0.2) is 0 Å². The van der Waals surface area contributed by atoms with Crippen molar-refractivity contribution in [3.05, 3.63) is 158 Å². The molecule has 12 aromatic rings. The average Bonchev–Trinajstić information content (AvgIpc) is 3.88. The summed E-state index contributed by atoms with van der Waals surface area (Å²) in [4.78, 5) is 5.21. The van der Waals surface area contributed by atoms with Crippen LogP contribution in [0.15, 0.2) is 158 Å². The van der Waals surface area contributed by atoms with Crippen LogP contribution in [0.25, 0.3) is 104 Å². The third kappa shape index (κ3) is 3.16. The summed E-state index contributed by atoms with van der Waals surface area (Å²) in [5.41, 5.74) is 9.52. The van der Waals surface area contributed by atoms with Crippen molar-refractivity contribution >= 4 is 92.5 Å². The maximum atomic E-state index is 5.21. The third-order valence-electron chi connectivity index (χ3n) is 10.8. The smallest absolute Gasteiger partial charge is 0.137 e. The van der Waals surface area contributed by atoms with Crippen molar-refractivity contribution in [2.24, 2.45) is 0 Å². The Kier molecular flexibility index (Phi) is 4.69. The first kappa shape index (κ1) is 25.4. The number of rotatable bonds is 2. The summed E-state index contributed by atoms with van der Waals surface area (Å²) in [5.74, 6) is 0.905. The molecule has 4 heteroatoms. The predicted octanol–water partition coefficient (Wildman–Crippen LogP) is 11.6. The summed E-state index contributed by atoms with van der Waals surface area (Å²) in [6.45, 7) is 0. The highest BCUT2D eigenvalue weighted by atomic mass is 15.1. The number of hydrogen-bond donors (Lipinski definition) is 0. The number of pyridine rings is 1. The molecule has 0 saturated heterocycles. The molecule has 0 unspecified atom stereocenters. The first-order chi connectivity index (χ1) is 24.3. The fraction of sp³-hybridized carbons (Fsp3) is 0. The molecule has 0 spiro atoms. The minimum absolute atomic E-state index is 0.905. The van der Waals surface area contributed by atoms with Crippen molar-refractivity contribution < 1.29 is 0 Å². The van der Waals surface area contributed by atoms with E-state index in [-0.39, 0.29) is 0 Å². The van der Waals surface area contributed by atoms with Crippen molar-refractivity contribution in [3.8, 4) is 11.5 Å². The highest BCUT2D eigenvalue weighted by molar-refractivity contribution is 6.36. The van der Waals surface area contributed by atoms with Gasteiger partial charge in [-0.15, -0.1) is 0 Å². The van der Waals surface area contributed by atoms with Gasteiger partial charge in [0.05, 0.1) is 50.5 Å². The Hall–Kier alpha value is -6.65. The minimum atomic E-state index is 0.905. The van der Waals surface area contributed by atoms with Gasteiger partial charge in [-0.2, -0.15) is 0 Å². The van der Waals surface area contributed by atoms with Crippen LogP contribution in [0.2, 0.25) is 0 Å². The van der Waals surface area contributed by atoms with Crippen LogP contribution in [0.4, 0.5) is 0 Å². The molecule has 0 fully saturated rings. The van der Waals surface area contributed by atoms with Crippen molar-refractivity contribution in [3.63, 3.8) is 0 Å². The van der Waals surface area contributed by atoms with Gasteiger partial charge < -0.3 is 8.97 Å². The molecule has 0 aliphatic carbocycles. The number of nitrogens with zero attached hydrogens (tertiary/aromatic N) is 4. The Labute approximate surface area is 279 Å². The predicted molar refractivity (Wildman–Crippen MR) is 205 cm³/mol. The molecule has 5 heterocycles. The molecule has 0 aliphatic heterocycles. The Morgan fingerprint density at radius 3 is 1.61 bits per heavy atom. The van der Waals surface area contributed by atoms with Crippen molar-refractivity contribution in [2.45, 2.75) is 0 Å². The summed E-state index contributed by atoms with van der Waals surface area (Å²) in [7, 11) is 0. The Bertz CT molecular complexity index is 3270. The molecule has 226 valence electrons. The van der Waals surface area contributed by atoms with E-state index in [0.29, 0.717) is 0 Å². The van der Waals surface area contributed by atoms with E-state index in [4.69, 9.17) is 4.98 Å². The molecule has 12 rings (SSSR count). The van der Waals surface area contributed by atoms with Crippen molar-refractivity contribution in [1.29, 1.82) is 0 Å². The lowest BCUT2D eigenvalue weighted by atomic mass is 10.0. The van der Waals surface area contributed by atoms with E-state index >= 15 is 0 Å². The number of fused-ring (bicyclic) bond motifs is 14. The van der Waals surface area contributed by atoms with Gasteiger partial charge in [-0.1, -0.05) is 97.1 Å². The van der Waals surface area contributed by atoms with Gasteiger partial charge in [-0.25, -0.2) is 4.98 Å². The van der Waals surface area contributed by atoms with Gasteiger partial charge >= 0.3 is 0 Å². The van der Waals surface area contributed by atoms with Crippen LogP contribution in [-0.2, 0) is 0 Å². The molecule has 0 aliphatic rings. The van der Waals surface area contributed by atoms with E-state index in [1.807, 2.05) is 6.20 Å². The highest BCUT2D eigenvalue weighted by Crippen LogP contribution is 2.47. The summed E-state index contributed by atoms with van der Waals surface area (Å²) >= 11 is 0. The molecule has 0 radical (unpaired) electrons. The summed E-state index contributed by atoms with van der Waals surface area (Å²) in [5, 5.41) is 12.6. The van der Waals surface area contributed by atoms with Gasteiger partial charge in [0, 0.05) is 43.1 Å². The lowest BCUT2D eigenvalue weighted by molar-refractivity contribution is 1.05. The van der Waals surface area contributed by atoms with E-state index in [9.17, 15) is 0 Å². The molecule has 7 aromatic carbocycles. The van der Waals surface area contributed by atoms with Crippen LogP contribution < -0.4 is 0 Å². The normalized spacial score (nSPS) is 12.5. The molecule has 0 amide bonds. The van der Waals surface area contributed by atoms with Crippen molar-refractivity contribution in [1.82, 2.24) is 18.5 Å². The van der Waals surface area contributed by atoms with Gasteiger partial charge in [0.25, 0.3) is 0 Å². The van der Waals surface area contributed by atoms with Gasteiger partial charge in [-0.05, 0) is 65.4 Å². The van der Waals surface area contributed by atoms with Gasteiger partial charge in [0.1, 0.15) is 5.82 Å². The molecule has 0 N–H and O–H groups in total. The Morgan fingerprint density at radius 1 is 0.367 bits per heavy atom. The van der Waals surface area contributed by atoms with Crippen LogP contribution in [0.5, 0.6) is 0 Å². The van der Waals surface area contributed by atoms with Crippen LogP contribution in [-0.4, -0.2) is 18.5 Å². The SMILES string of the molecule is c1ccc2cc3c(cc2c1)c1c2c4ccccc4n(-c4ccc(-n5c6ccccc6c6ccccc65)cn4)c2cc2c4ccccc4n3c21. The fourth-order valence-electron chi connectivity index (χ4n) is 8.79. The van der Waals surface area contributed by atoms with Crippen LogP contribution in [0.1, 0.15) is 0 Å². The van der Waals surface area contributed by atoms with Gasteiger partial charge in [0.2, 0.25) is 0 Å². The zero-order chi connectivity index (χ0) is 31.8. The number of benzene rings is 7. The second-order valence-electron chi connectivity index (χ2n) is 13.2. The zero-order valence-corrected chi connectivity index (χ0v) is 26.3. The van der Waals surface area contributed by atoms with Crippen molar-refractivity contribution in [2.75, 3.05) is 0 Å². The maximum absolute atomic E-state index is 5.21. The van der Waals surface area contributed by atoms with Crippen LogP contribution in [0, 0.1) is 0 Å². The minimum Gasteiger partial charge on any atom is -0.308 e. The quantitative estimate of drug-likeness (QED) is 0.188. The summed E-state index contributed by atoms with van der Waals surface area (Å²) in [6.07, 6.45) is 2.03. The number of hydrogen-bond acceptors (Lipinski definition) is 1. The highest BCUT2D eigenvalue weighted by Gasteiger charge is 2.24. The summed E-state index contributed by atoms with van der Waals surface area (Å²) in [6, 6.07) is 55.2. The van der Waals surface area contributed by atoms with E-state index in [1.165, 1.54) is 87.0 Å². The zero-order valence-electron chi connectivity index (χ0n) is 26.3. The largest absolute Gasteiger partial charge is 0.308 e. The monoisotopic (exact) mass is 622 g/mol. The molecule has 49 heavy (non-hydrogen) atoms. The topological polar surface area (TPSA) is 27.2 Å². The molecule has 0 saturated carbocycles. The fourth-order valence-corrected chi connectivity index (χ4v) is 8.79. The lowest BCUT2D eigenvalue weighted by Crippen LogP contribution is -2.00. The van der Waals surface area contributed by atoms with Crippen LogP contribution in [0.3, 0.4) is 0 Å². The molecular formula is C45H26N4. The first-order valence-corrected chi connectivity index (χ1v) is 16.8.